The second kappa shape index (κ2) is 6.25. The third-order valence-electron chi connectivity index (χ3n) is 1.84. The van der Waals surface area contributed by atoms with Crippen molar-refractivity contribution in [2.75, 3.05) is 13.7 Å². The summed E-state index contributed by atoms with van der Waals surface area (Å²) in [6.45, 7) is 2.87. The molecule has 0 N–H and O–H groups in total. The molecule has 1 rings (SSSR count). The van der Waals surface area contributed by atoms with E-state index in [1.807, 2.05) is 31.3 Å². The van der Waals surface area contributed by atoms with Gasteiger partial charge in [0.05, 0.1) is 12.7 Å². The highest BCUT2D eigenvalue weighted by Crippen LogP contribution is 2.10. The van der Waals surface area contributed by atoms with E-state index < -0.39 is 7.25 Å². The molecule has 0 aromatic rings. The zero-order chi connectivity index (χ0) is 12.8. The predicted octanol–water partition coefficient (Wildman–Crippen LogP) is 2.26. The van der Waals surface area contributed by atoms with Crippen LogP contribution in [-0.4, -0.2) is 36.8 Å². The number of halogens is 4. The van der Waals surface area contributed by atoms with Gasteiger partial charge in [-0.1, -0.05) is 6.92 Å². The van der Waals surface area contributed by atoms with E-state index in [1.165, 1.54) is 0 Å². The van der Waals surface area contributed by atoms with E-state index in [9.17, 15) is 17.3 Å². The topological polar surface area (TPSA) is 30.3 Å². The van der Waals surface area contributed by atoms with Crippen molar-refractivity contribution in [3.05, 3.63) is 12.4 Å². The first-order valence-electron chi connectivity index (χ1n) is 4.69. The van der Waals surface area contributed by atoms with E-state index in [2.05, 4.69) is 11.0 Å². The van der Waals surface area contributed by atoms with Gasteiger partial charge in [0.2, 0.25) is 0 Å². The Hall–Kier alpha value is -1.39. The maximum atomic E-state index is 9.75. The number of rotatable bonds is 2. The highest BCUT2D eigenvalue weighted by molar-refractivity contribution is 6.50. The monoisotopic (exact) mass is 238 g/mol. The van der Waals surface area contributed by atoms with Crippen molar-refractivity contribution in [1.82, 2.24) is 9.80 Å². The lowest BCUT2D eigenvalue weighted by Gasteiger charge is -2.21. The van der Waals surface area contributed by atoms with Crippen LogP contribution in [0.3, 0.4) is 0 Å². The van der Waals surface area contributed by atoms with Crippen molar-refractivity contribution in [2.45, 2.75) is 19.4 Å². The molecule has 0 bridgehead atoms. The van der Waals surface area contributed by atoms with Crippen LogP contribution < -0.4 is 0 Å². The van der Waals surface area contributed by atoms with Crippen molar-refractivity contribution in [3.63, 3.8) is 0 Å². The minimum atomic E-state index is -6.00. The van der Waals surface area contributed by atoms with Crippen LogP contribution in [0.2, 0.25) is 0 Å². The standard InChI is InChI=1S/C8H13N3.BF4/c1-3-8(6-9)11-5-4-10(2)7-11;2-1(3,4)5/h4-5,8H,3,7H2,1-2H3;/q;-1. The Morgan fingerprint density at radius 2 is 1.88 bits per heavy atom. The molecule has 0 aromatic carbocycles. The molecule has 0 saturated carbocycles. The molecule has 0 aromatic heterocycles. The molecule has 1 unspecified atom stereocenters. The van der Waals surface area contributed by atoms with Gasteiger partial charge in [0.25, 0.3) is 0 Å². The fourth-order valence-corrected chi connectivity index (χ4v) is 1.15. The minimum absolute atomic E-state index is 0.0381. The summed E-state index contributed by atoms with van der Waals surface area (Å²) >= 11 is 0. The fourth-order valence-electron chi connectivity index (χ4n) is 1.15. The highest BCUT2D eigenvalue weighted by Gasteiger charge is 2.20. The summed E-state index contributed by atoms with van der Waals surface area (Å²) in [7, 11) is -4.00. The summed E-state index contributed by atoms with van der Waals surface area (Å²) in [5.41, 5.74) is 0. The van der Waals surface area contributed by atoms with Gasteiger partial charge in [-0.2, -0.15) is 5.26 Å². The first-order chi connectivity index (χ1) is 7.27. The lowest BCUT2D eigenvalue weighted by atomic mass is 10.2. The third-order valence-corrected chi connectivity index (χ3v) is 1.84. The van der Waals surface area contributed by atoms with Gasteiger partial charge in [-0.3, -0.25) is 0 Å². The summed E-state index contributed by atoms with van der Waals surface area (Å²) in [4.78, 5) is 4.10. The number of nitrogens with zero attached hydrogens (tertiary/aromatic N) is 3. The molecule has 0 aliphatic carbocycles. The Balaban J connectivity index is 0.000000385. The van der Waals surface area contributed by atoms with Crippen LogP contribution >= 0.6 is 0 Å². The van der Waals surface area contributed by atoms with Crippen molar-refractivity contribution in [1.29, 1.82) is 5.26 Å². The summed E-state index contributed by atoms with van der Waals surface area (Å²) in [6.07, 6.45) is 4.84. The zero-order valence-corrected chi connectivity index (χ0v) is 9.08. The smallest absolute Gasteiger partial charge is 0.418 e. The molecule has 3 nitrogen and oxygen atoms in total. The molecular weight excluding hydrogens is 225 g/mol. The molecule has 0 amide bonds. The minimum Gasteiger partial charge on any atom is -0.418 e. The Morgan fingerprint density at radius 3 is 2.12 bits per heavy atom. The summed E-state index contributed by atoms with van der Waals surface area (Å²) < 4.78 is 39.0. The second-order valence-electron chi connectivity index (χ2n) is 3.26. The van der Waals surface area contributed by atoms with Crippen molar-refractivity contribution < 1.29 is 17.3 Å². The predicted molar refractivity (Wildman–Crippen MR) is 53.5 cm³/mol. The Kier molecular flexibility index (Phi) is 5.71. The quantitative estimate of drug-likeness (QED) is 0.546. The molecule has 0 radical (unpaired) electrons. The average molecular weight is 238 g/mol. The fraction of sp³-hybridized carbons (Fsp3) is 0.625. The highest BCUT2D eigenvalue weighted by atomic mass is 19.5. The first kappa shape index (κ1) is 14.6. The van der Waals surface area contributed by atoms with Crippen LogP contribution in [0.1, 0.15) is 13.3 Å². The van der Waals surface area contributed by atoms with Gasteiger partial charge in [0.15, 0.2) is 0 Å². The zero-order valence-electron chi connectivity index (χ0n) is 9.08. The van der Waals surface area contributed by atoms with Gasteiger partial charge in [0.1, 0.15) is 6.04 Å². The third kappa shape index (κ3) is 6.98. The Labute approximate surface area is 92.0 Å². The van der Waals surface area contributed by atoms with Crippen LogP contribution in [0.25, 0.3) is 0 Å². The van der Waals surface area contributed by atoms with E-state index in [4.69, 9.17) is 5.26 Å². The van der Waals surface area contributed by atoms with Crippen molar-refractivity contribution in [2.24, 2.45) is 0 Å². The molecule has 0 spiro atoms. The van der Waals surface area contributed by atoms with E-state index in [0.29, 0.717) is 0 Å². The molecule has 1 heterocycles. The number of hydrogen-bond acceptors (Lipinski definition) is 3. The van der Waals surface area contributed by atoms with Gasteiger partial charge in [0, 0.05) is 19.4 Å². The van der Waals surface area contributed by atoms with Crippen molar-refractivity contribution in [3.8, 4) is 6.07 Å². The normalized spacial score (nSPS) is 16.6. The molecule has 1 atom stereocenters. The molecule has 0 fully saturated rings. The maximum absolute atomic E-state index is 9.75. The largest absolute Gasteiger partial charge is 0.673 e. The maximum Gasteiger partial charge on any atom is 0.673 e. The van der Waals surface area contributed by atoms with Gasteiger partial charge in [-0.05, 0) is 6.42 Å². The van der Waals surface area contributed by atoms with Crippen molar-refractivity contribution >= 4 is 7.25 Å². The molecule has 1 aliphatic rings. The van der Waals surface area contributed by atoms with Gasteiger partial charge < -0.3 is 27.1 Å². The summed E-state index contributed by atoms with van der Waals surface area (Å²) in [5, 5.41) is 8.73. The first-order valence-corrected chi connectivity index (χ1v) is 4.69. The lowest BCUT2D eigenvalue weighted by Crippen LogP contribution is -2.31. The van der Waals surface area contributed by atoms with Gasteiger partial charge in [-0.25, -0.2) is 0 Å². The van der Waals surface area contributed by atoms with Gasteiger partial charge in [-0.15, -0.1) is 0 Å². The van der Waals surface area contributed by atoms with E-state index >= 15 is 0 Å². The summed E-state index contributed by atoms with van der Waals surface area (Å²) in [6, 6.07) is 2.30. The van der Waals surface area contributed by atoms with E-state index in [1.54, 1.807) is 0 Å². The molecule has 0 saturated heterocycles. The van der Waals surface area contributed by atoms with Crippen LogP contribution in [0.15, 0.2) is 12.4 Å². The van der Waals surface area contributed by atoms with E-state index in [0.717, 1.165) is 13.1 Å². The molecular formula is C8H13BF4N3-. The number of nitriles is 1. The SMILES string of the molecule is CCC(C#N)N1C=CN(C)C1.F[B-](F)(F)F. The lowest BCUT2D eigenvalue weighted by molar-refractivity contribution is 0.260. The molecule has 92 valence electrons. The average Bonchev–Trinajstić information content (AvgIpc) is 2.51. The van der Waals surface area contributed by atoms with Gasteiger partial charge >= 0.3 is 7.25 Å². The molecule has 1 aliphatic heterocycles. The summed E-state index contributed by atoms with van der Waals surface area (Å²) in [5.74, 6) is 0. The number of hydrogen-bond donors (Lipinski definition) is 0. The van der Waals surface area contributed by atoms with Crippen LogP contribution in [-0.2, 0) is 0 Å². The van der Waals surface area contributed by atoms with Crippen LogP contribution in [0.4, 0.5) is 17.3 Å². The molecule has 8 heteroatoms. The van der Waals surface area contributed by atoms with Crippen LogP contribution in [0, 0.1) is 11.3 Å². The Morgan fingerprint density at radius 1 is 1.38 bits per heavy atom. The Bertz CT molecular complexity index is 267. The van der Waals surface area contributed by atoms with Crippen LogP contribution in [0.5, 0.6) is 0 Å². The molecule has 16 heavy (non-hydrogen) atoms. The van der Waals surface area contributed by atoms with E-state index in [-0.39, 0.29) is 6.04 Å². The second-order valence-corrected chi connectivity index (χ2v) is 3.26.